The van der Waals surface area contributed by atoms with Crippen molar-refractivity contribution in [1.82, 2.24) is 15.8 Å². The molecule has 4 nitrogen and oxygen atoms in total. The molecule has 0 bridgehead atoms. The van der Waals surface area contributed by atoms with Crippen LogP contribution in [0.4, 0.5) is 0 Å². The second kappa shape index (κ2) is 3.51. The monoisotopic (exact) mass is 197 g/mol. The Balaban J connectivity index is 2.17. The number of nitrogens with zero attached hydrogens (tertiary/aromatic N) is 1. The number of piperidine rings is 1. The van der Waals surface area contributed by atoms with Gasteiger partial charge in [-0.3, -0.25) is 10.2 Å². The SMILES string of the molecule is CC(C)N1NC(=O)CC12CCNCC2. The first-order chi connectivity index (χ1) is 6.64. The van der Waals surface area contributed by atoms with Gasteiger partial charge in [-0.2, -0.15) is 0 Å². The van der Waals surface area contributed by atoms with E-state index in [4.69, 9.17) is 0 Å². The van der Waals surface area contributed by atoms with E-state index in [1.807, 2.05) is 0 Å². The number of hydrogen-bond donors (Lipinski definition) is 2. The largest absolute Gasteiger partial charge is 0.317 e. The normalized spacial score (nSPS) is 27.2. The van der Waals surface area contributed by atoms with Gasteiger partial charge in [-0.15, -0.1) is 0 Å². The molecule has 2 fully saturated rings. The van der Waals surface area contributed by atoms with Crippen LogP contribution in [0.5, 0.6) is 0 Å². The summed E-state index contributed by atoms with van der Waals surface area (Å²) in [7, 11) is 0. The molecule has 14 heavy (non-hydrogen) atoms. The average molecular weight is 197 g/mol. The second-order valence-corrected chi connectivity index (χ2v) is 4.65. The summed E-state index contributed by atoms with van der Waals surface area (Å²) >= 11 is 0. The number of carbonyl (C=O) groups is 1. The summed E-state index contributed by atoms with van der Waals surface area (Å²) in [5.74, 6) is 0.181. The molecule has 0 aromatic heterocycles. The van der Waals surface area contributed by atoms with Gasteiger partial charge >= 0.3 is 0 Å². The zero-order chi connectivity index (χ0) is 10.2. The number of nitrogens with one attached hydrogen (secondary N) is 2. The van der Waals surface area contributed by atoms with Crippen LogP contribution in [0, 0.1) is 0 Å². The molecule has 4 heteroatoms. The van der Waals surface area contributed by atoms with Crippen LogP contribution in [0.25, 0.3) is 0 Å². The molecular weight excluding hydrogens is 178 g/mol. The van der Waals surface area contributed by atoms with Crippen LogP contribution >= 0.6 is 0 Å². The molecule has 0 aromatic rings. The summed E-state index contributed by atoms with van der Waals surface area (Å²) in [6, 6.07) is 0.388. The quantitative estimate of drug-likeness (QED) is 0.633. The van der Waals surface area contributed by atoms with Gasteiger partial charge in [-0.05, 0) is 39.8 Å². The lowest BCUT2D eigenvalue weighted by Crippen LogP contribution is -2.56. The summed E-state index contributed by atoms with van der Waals surface area (Å²) in [5, 5.41) is 5.51. The lowest BCUT2D eigenvalue weighted by Gasteiger charge is -2.42. The van der Waals surface area contributed by atoms with E-state index < -0.39 is 0 Å². The lowest BCUT2D eigenvalue weighted by atomic mass is 9.85. The molecule has 0 radical (unpaired) electrons. The Labute approximate surface area is 85.0 Å². The van der Waals surface area contributed by atoms with E-state index in [2.05, 4.69) is 29.6 Å². The number of amides is 1. The van der Waals surface area contributed by atoms with Gasteiger partial charge in [-0.25, -0.2) is 5.01 Å². The Morgan fingerprint density at radius 1 is 1.36 bits per heavy atom. The molecule has 0 aromatic carbocycles. The van der Waals surface area contributed by atoms with E-state index in [-0.39, 0.29) is 11.4 Å². The second-order valence-electron chi connectivity index (χ2n) is 4.65. The molecule has 2 N–H and O–H groups in total. The molecule has 1 spiro atoms. The topological polar surface area (TPSA) is 44.4 Å². The minimum Gasteiger partial charge on any atom is -0.317 e. The number of carbonyl (C=O) groups excluding carboxylic acids is 1. The van der Waals surface area contributed by atoms with E-state index in [0.717, 1.165) is 25.9 Å². The van der Waals surface area contributed by atoms with Gasteiger partial charge in [0.15, 0.2) is 0 Å². The molecule has 0 atom stereocenters. The molecular formula is C10H19N3O. The third kappa shape index (κ3) is 1.53. The molecule has 80 valence electrons. The van der Waals surface area contributed by atoms with Gasteiger partial charge in [0.25, 0.3) is 0 Å². The fourth-order valence-electron chi connectivity index (χ4n) is 2.66. The van der Waals surface area contributed by atoms with Crippen LogP contribution < -0.4 is 10.7 Å². The number of rotatable bonds is 1. The molecule has 2 rings (SSSR count). The Morgan fingerprint density at radius 3 is 2.57 bits per heavy atom. The number of hydrogen-bond acceptors (Lipinski definition) is 3. The Morgan fingerprint density at radius 2 is 2.00 bits per heavy atom. The highest BCUT2D eigenvalue weighted by Crippen LogP contribution is 2.33. The van der Waals surface area contributed by atoms with E-state index in [0.29, 0.717) is 12.5 Å². The zero-order valence-corrected chi connectivity index (χ0v) is 8.97. The summed E-state index contributed by atoms with van der Waals surface area (Å²) in [4.78, 5) is 11.5. The maximum atomic E-state index is 11.5. The van der Waals surface area contributed by atoms with Crippen molar-refractivity contribution in [1.29, 1.82) is 0 Å². The maximum Gasteiger partial charge on any atom is 0.236 e. The van der Waals surface area contributed by atoms with E-state index in [9.17, 15) is 4.79 Å². The summed E-state index contributed by atoms with van der Waals surface area (Å²) in [6.07, 6.45) is 2.82. The van der Waals surface area contributed by atoms with Gasteiger partial charge in [0.2, 0.25) is 5.91 Å². The summed E-state index contributed by atoms with van der Waals surface area (Å²) < 4.78 is 0. The minimum atomic E-state index is 0.0938. The molecule has 2 saturated heterocycles. The predicted molar refractivity (Wildman–Crippen MR) is 54.6 cm³/mol. The fourth-order valence-corrected chi connectivity index (χ4v) is 2.66. The van der Waals surface area contributed by atoms with E-state index in [1.54, 1.807) is 0 Å². The van der Waals surface area contributed by atoms with Crippen molar-refractivity contribution in [2.24, 2.45) is 0 Å². The molecule has 0 aliphatic carbocycles. The van der Waals surface area contributed by atoms with Crippen molar-refractivity contribution >= 4 is 5.91 Å². The van der Waals surface area contributed by atoms with Gasteiger partial charge in [-0.1, -0.05) is 0 Å². The van der Waals surface area contributed by atoms with Crippen molar-refractivity contribution in [2.45, 2.75) is 44.7 Å². The summed E-state index contributed by atoms with van der Waals surface area (Å²) in [5.41, 5.74) is 3.07. The molecule has 2 heterocycles. The average Bonchev–Trinajstić information content (AvgIpc) is 2.44. The fraction of sp³-hybridized carbons (Fsp3) is 0.900. The highest BCUT2D eigenvalue weighted by molar-refractivity contribution is 5.79. The third-order valence-corrected chi connectivity index (χ3v) is 3.30. The number of hydrazine groups is 1. The van der Waals surface area contributed by atoms with Crippen LogP contribution in [-0.4, -0.2) is 35.6 Å². The summed E-state index contributed by atoms with van der Waals surface area (Å²) in [6.45, 7) is 6.32. The first kappa shape index (κ1) is 9.93. The van der Waals surface area contributed by atoms with Crippen LogP contribution in [0.15, 0.2) is 0 Å². The van der Waals surface area contributed by atoms with Crippen LogP contribution in [-0.2, 0) is 4.79 Å². The van der Waals surface area contributed by atoms with E-state index in [1.165, 1.54) is 0 Å². The minimum absolute atomic E-state index is 0.0938. The van der Waals surface area contributed by atoms with E-state index >= 15 is 0 Å². The standard InChI is InChI=1S/C10H19N3O/c1-8(2)13-10(7-9(14)12-13)3-5-11-6-4-10/h8,11H,3-7H2,1-2H3,(H,12,14). The Bertz CT molecular complexity index is 234. The van der Waals surface area contributed by atoms with Crippen molar-refractivity contribution in [2.75, 3.05) is 13.1 Å². The maximum absolute atomic E-state index is 11.5. The van der Waals surface area contributed by atoms with Crippen LogP contribution in [0.2, 0.25) is 0 Å². The Kier molecular flexibility index (Phi) is 2.49. The van der Waals surface area contributed by atoms with Gasteiger partial charge in [0, 0.05) is 12.5 Å². The Hall–Kier alpha value is -0.610. The van der Waals surface area contributed by atoms with Gasteiger partial charge in [0.05, 0.1) is 5.54 Å². The van der Waals surface area contributed by atoms with Gasteiger partial charge in [0.1, 0.15) is 0 Å². The molecule has 2 aliphatic rings. The molecule has 2 aliphatic heterocycles. The van der Waals surface area contributed by atoms with Gasteiger partial charge < -0.3 is 5.32 Å². The first-order valence-electron chi connectivity index (χ1n) is 5.44. The zero-order valence-electron chi connectivity index (χ0n) is 8.97. The first-order valence-corrected chi connectivity index (χ1v) is 5.44. The van der Waals surface area contributed by atoms with Crippen molar-refractivity contribution < 1.29 is 4.79 Å². The van der Waals surface area contributed by atoms with Crippen molar-refractivity contribution in [3.63, 3.8) is 0 Å². The lowest BCUT2D eigenvalue weighted by molar-refractivity contribution is -0.121. The molecule has 1 amide bonds. The van der Waals surface area contributed by atoms with Crippen molar-refractivity contribution in [3.8, 4) is 0 Å². The van der Waals surface area contributed by atoms with Crippen molar-refractivity contribution in [3.05, 3.63) is 0 Å². The molecule has 0 unspecified atom stereocenters. The van der Waals surface area contributed by atoms with Crippen LogP contribution in [0.3, 0.4) is 0 Å². The smallest absolute Gasteiger partial charge is 0.236 e. The van der Waals surface area contributed by atoms with Crippen LogP contribution in [0.1, 0.15) is 33.1 Å². The highest BCUT2D eigenvalue weighted by atomic mass is 16.2. The predicted octanol–water partition coefficient (Wildman–Crippen LogP) is 0.254. The molecule has 0 saturated carbocycles. The third-order valence-electron chi connectivity index (χ3n) is 3.30. The highest BCUT2D eigenvalue weighted by Gasteiger charge is 2.46.